The lowest BCUT2D eigenvalue weighted by atomic mass is 9.71. The molecule has 12 heteroatoms. The molecule has 3 amide bonds. The topological polar surface area (TPSA) is 114 Å². The zero-order chi connectivity index (χ0) is 26.8. The number of amides is 3. The molecule has 1 saturated carbocycles. The molecule has 3 saturated heterocycles. The molecule has 3 heterocycles. The van der Waals surface area contributed by atoms with Gasteiger partial charge in [0.15, 0.2) is 0 Å². The molecular weight excluding hydrogens is 483 g/mol. The lowest BCUT2D eigenvalue weighted by Gasteiger charge is -2.53. The number of carbonyl (C=O) groups excluding carboxylic acids is 4. The molecule has 4 rings (SSSR count). The number of alkyl halides is 2. The number of hydrogen-bond acceptors (Lipinski definition) is 6. The minimum Gasteiger partial charge on any atom is -0.461 e. The normalized spacial score (nSPS) is 28.4. The van der Waals surface area contributed by atoms with E-state index in [1.165, 1.54) is 6.92 Å². The van der Waals surface area contributed by atoms with Crippen LogP contribution in [0, 0.1) is 11.8 Å². The van der Waals surface area contributed by atoms with Gasteiger partial charge in [-0.25, -0.2) is 18.4 Å². The zero-order valence-corrected chi connectivity index (χ0v) is 20.9. The highest BCUT2D eigenvalue weighted by atomic mass is 19.3. The monoisotopic (exact) mass is 517 g/mol. The number of esters is 1. The van der Waals surface area contributed by atoms with E-state index in [9.17, 15) is 32.3 Å². The van der Waals surface area contributed by atoms with Gasteiger partial charge in [0.25, 0.3) is 5.92 Å². The van der Waals surface area contributed by atoms with Gasteiger partial charge >= 0.3 is 12.1 Å². The van der Waals surface area contributed by atoms with Gasteiger partial charge in [-0.1, -0.05) is 0 Å². The molecule has 5 atom stereocenters. The van der Waals surface area contributed by atoms with Gasteiger partial charge in [0.2, 0.25) is 17.6 Å². The van der Waals surface area contributed by atoms with E-state index in [1.54, 1.807) is 20.8 Å². The molecule has 4 aliphatic rings. The third-order valence-electron chi connectivity index (χ3n) is 6.66. The number of hydrogen-bond donors (Lipinski definition) is 2. The third-order valence-corrected chi connectivity index (χ3v) is 6.66. The second-order valence-electron chi connectivity index (χ2n) is 10.5. The van der Waals surface area contributed by atoms with Gasteiger partial charge in [-0.3, -0.25) is 14.5 Å². The van der Waals surface area contributed by atoms with Crippen LogP contribution >= 0.6 is 0 Å². The molecule has 202 valence electrons. The molecule has 3 aliphatic heterocycles. The Bertz CT molecular complexity index is 919. The summed E-state index contributed by atoms with van der Waals surface area (Å²) in [5, 5.41) is 5.14. The lowest BCUT2D eigenvalue weighted by molar-refractivity contribution is -0.184. The Kier molecular flexibility index (Phi) is 8.24. The first-order valence-electron chi connectivity index (χ1n) is 12.2. The Labute approximate surface area is 208 Å². The fourth-order valence-corrected chi connectivity index (χ4v) is 5.14. The average molecular weight is 518 g/mol. The van der Waals surface area contributed by atoms with Gasteiger partial charge in [0, 0.05) is 24.9 Å². The smallest absolute Gasteiger partial charge is 0.411 e. The van der Waals surface area contributed by atoms with Crippen molar-refractivity contribution in [3.8, 4) is 0 Å². The number of carbonyl (C=O) groups is 4. The molecule has 1 aliphatic carbocycles. The third kappa shape index (κ3) is 6.31. The van der Waals surface area contributed by atoms with Gasteiger partial charge in [0.1, 0.15) is 11.6 Å². The van der Waals surface area contributed by atoms with Crippen LogP contribution in [0.1, 0.15) is 59.8 Å². The van der Waals surface area contributed by atoms with Crippen molar-refractivity contribution in [1.29, 1.82) is 0 Å². The van der Waals surface area contributed by atoms with Crippen molar-refractivity contribution in [1.82, 2.24) is 15.5 Å². The van der Waals surface area contributed by atoms with E-state index >= 15 is 0 Å². The predicted molar refractivity (Wildman–Crippen MR) is 121 cm³/mol. The molecule has 36 heavy (non-hydrogen) atoms. The molecule has 2 N–H and O–H groups in total. The van der Waals surface area contributed by atoms with Crippen LogP contribution in [0.4, 0.5) is 18.0 Å². The van der Waals surface area contributed by atoms with Crippen LogP contribution in [0.25, 0.3) is 0 Å². The summed E-state index contributed by atoms with van der Waals surface area (Å²) in [6, 6.07) is -3.63. The van der Waals surface area contributed by atoms with Crippen LogP contribution in [0.2, 0.25) is 0 Å². The minimum atomic E-state index is -3.18. The first kappa shape index (κ1) is 27.8. The van der Waals surface area contributed by atoms with E-state index in [1.807, 2.05) is 0 Å². The van der Waals surface area contributed by atoms with Crippen molar-refractivity contribution >= 4 is 23.9 Å². The number of rotatable bonds is 7. The minimum absolute atomic E-state index is 0.0256. The van der Waals surface area contributed by atoms with Crippen LogP contribution in [-0.2, 0) is 23.9 Å². The van der Waals surface area contributed by atoms with Crippen molar-refractivity contribution < 1.29 is 41.8 Å². The molecule has 0 radical (unpaired) electrons. The summed E-state index contributed by atoms with van der Waals surface area (Å²) >= 11 is 0. The average Bonchev–Trinajstić information content (AvgIpc) is 3.15. The molecule has 0 unspecified atom stereocenters. The van der Waals surface area contributed by atoms with Crippen molar-refractivity contribution in [3.05, 3.63) is 11.9 Å². The highest BCUT2D eigenvalue weighted by Crippen LogP contribution is 2.49. The maximum Gasteiger partial charge on any atom is 0.411 e. The fourth-order valence-electron chi connectivity index (χ4n) is 5.14. The number of halogens is 3. The second kappa shape index (κ2) is 10.7. The van der Waals surface area contributed by atoms with E-state index < -0.39 is 71.7 Å². The number of nitrogens with zero attached hydrogens (tertiary/aromatic N) is 1. The van der Waals surface area contributed by atoms with Gasteiger partial charge in [-0.05, 0) is 59.5 Å². The molecule has 0 aromatic rings. The number of ether oxygens (including phenoxy) is 2. The largest absolute Gasteiger partial charge is 0.461 e. The van der Waals surface area contributed by atoms with E-state index in [-0.39, 0.29) is 25.4 Å². The van der Waals surface area contributed by atoms with Crippen molar-refractivity contribution in [2.24, 2.45) is 11.8 Å². The Morgan fingerprint density at radius 2 is 1.94 bits per heavy atom. The van der Waals surface area contributed by atoms with E-state index in [0.717, 1.165) is 11.0 Å². The Hall–Kier alpha value is -2.79. The number of piperidine rings is 2. The van der Waals surface area contributed by atoms with Gasteiger partial charge < -0.3 is 20.1 Å². The quantitative estimate of drug-likeness (QED) is 0.397. The Morgan fingerprint density at radius 3 is 2.50 bits per heavy atom. The van der Waals surface area contributed by atoms with Crippen LogP contribution in [0.3, 0.4) is 0 Å². The Balaban J connectivity index is 1.88. The first-order valence-corrected chi connectivity index (χ1v) is 12.2. The molecule has 0 aromatic heterocycles. The van der Waals surface area contributed by atoms with Gasteiger partial charge in [0.05, 0.1) is 18.6 Å². The van der Waals surface area contributed by atoms with E-state index in [4.69, 9.17) is 4.74 Å². The lowest BCUT2D eigenvalue weighted by Crippen LogP contribution is -2.69. The summed E-state index contributed by atoms with van der Waals surface area (Å²) < 4.78 is 54.2. The summed E-state index contributed by atoms with van der Waals surface area (Å²) in [7, 11) is 0. The maximum absolute atomic E-state index is 14.9. The summed E-state index contributed by atoms with van der Waals surface area (Å²) in [6.45, 7) is 6.70. The molecule has 4 fully saturated rings. The second-order valence-corrected chi connectivity index (χ2v) is 10.5. The molecular formula is C24H34F3N3O6. The summed E-state index contributed by atoms with van der Waals surface area (Å²) in [6.07, 6.45) is 0.0457. The predicted octanol–water partition coefficient (Wildman–Crippen LogP) is 2.84. The van der Waals surface area contributed by atoms with Crippen molar-refractivity contribution in [2.75, 3.05) is 13.2 Å². The number of nitrogens with one attached hydrogen (secondary N) is 2. The van der Waals surface area contributed by atoms with Crippen molar-refractivity contribution in [3.63, 3.8) is 0 Å². The van der Waals surface area contributed by atoms with E-state index in [0.29, 0.717) is 19.4 Å². The maximum atomic E-state index is 14.9. The number of fused-ring (bicyclic) bond motifs is 3. The van der Waals surface area contributed by atoms with E-state index in [2.05, 4.69) is 15.4 Å². The molecule has 9 nitrogen and oxygen atoms in total. The highest BCUT2D eigenvalue weighted by Gasteiger charge is 2.61. The summed E-state index contributed by atoms with van der Waals surface area (Å²) in [5.41, 5.74) is -0.915. The van der Waals surface area contributed by atoms with Crippen LogP contribution in [0.15, 0.2) is 11.9 Å². The summed E-state index contributed by atoms with van der Waals surface area (Å²) in [5.74, 6) is -8.96. The SMILES string of the molecule is CCOC(=O)/C(F)=C/[C@H](C[C@@H]1CCNC1=O)NC(=O)[C@H]1[C@@H]2CC[C@@H](CC2(F)F)N1C(=O)OC(C)(C)C. The molecule has 0 aromatic carbocycles. The molecule has 0 spiro atoms. The molecule has 2 bridgehead atoms. The fraction of sp³-hybridized carbons (Fsp3) is 0.750. The standard InChI is InChI=1S/C24H34F3N3O6/c1-5-35-21(33)17(25)11-14(10-13-8-9-28-19(13)31)29-20(32)18-16-7-6-15(12-24(16,26)27)30(18)22(34)36-23(2,3)4/h11,13-16,18H,5-10,12H2,1-4H3,(H,28,31)(H,29,32)/b17-11-/t13-,14-,15-,16-,18+/m0/s1. The van der Waals surface area contributed by atoms with Gasteiger partial charge in [-0.2, -0.15) is 4.39 Å². The zero-order valence-electron chi connectivity index (χ0n) is 20.9. The van der Waals surface area contributed by atoms with Crippen molar-refractivity contribution in [2.45, 2.75) is 89.4 Å². The first-order chi connectivity index (χ1) is 16.7. The Morgan fingerprint density at radius 1 is 1.25 bits per heavy atom. The highest BCUT2D eigenvalue weighted by molar-refractivity contribution is 5.89. The van der Waals surface area contributed by atoms with Gasteiger partial charge in [-0.15, -0.1) is 0 Å². The van der Waals surface area contributed by atoms with Crippen LogP contribution in [-0.4, -0.2) is 71.6 Å². The van der Waals surface area contributed by atoms with Crippen LogP contribution < -0.4 is 10.6 Å². The van der Waals surface area contributed by atoms with Crippen LogP contribution in [0.5, 0.6) is 0 Å². The summed E-state index contributed by atoms with van der Waals surface area (Å²) in [4.78, 5) is 51.4.